The van der Waals surface area contributed by atoms with Gasteiger partial charge in [-0.25, -0.2) is 9.78 Å². The molecule has 4 rings (SSSR count). The van der Waals surface area contributed by atoms with Gasteiger partial charge in [-0.05, 0) is 30.3 Å². The van der Waals surface area contributed by atoms with Crippen LogP contribution < -0.4 is 21.8 Å². The number of pyridine rings is 1. The maximum absolute atomic E-state index is 12.7. The van der Waals surface area contributed by atoms with Crippen molar-refractivity contribution in [1.82, 2.24) is 14.9 Å². The molecule has 4 aromatic rings. The molecule has 11 heteroatoms. The Morgan fingerprint density at radius 2 is 1.86 bits per heavy atom. The maximum Gasteiger partial charge on any atom is 0.341 e. The second kappa shape index (κ2) is 10.2. The number of rotatable bonds is 9. The lowest BCUT2D eigenvalue weighted by molar-refractivity contribution is 0.0694. The minimum atomic E-state index is -1.28. The van der Waals surface area contributed by atoms with Crippen LogP contribution in [0.15, 0.2) is 65.0 Å². The van der Waals surface area contributed by atoms with Gasteiger partial charge in [-0.2, -0.15) is 0 Å². The van der Waals surface area contributed by atoms with E-state index in [4.69, 9.17) is 11.1 Å². The molecule has 6 N–H and O–H groups in total. The molecule has 35 heavy (non-hydrogen) atoms. The molecule has 0 unspecified atom stereocenters. The van der Waals surface area contributed by atoms with Crippen LogP contribution in [0.2, 0.25) is 0 Å². The first kappa shape index (κ1) is 23.6. The molecule has 0 radical (unpaired) electrons. The molecule has 2 aromatic carbocycles. The summed E-state index contributed by atoms with van der Waals surface area (Å²) >= 11 is 1.44. The number of hydrogen-bond acceptors (Lipinski definition) is 7. The Morgan fingerprint density at radius 1 is 1.11 bits per heavy atom. The van der Waals surface area contributed by atoms with E-state index >= 15 is 0 Å². The molecule has 178 valence electrons. The van der Waals surface area contributed by atoms with E-state index in [0.29, 0.717) is 47.4 Å². The first-order valence-corrected chi connectivity index (χ1v) is 11.5. The Bertz CT molecular complexity index is 1460. The van der Waals surface area contributed by atoms with E-state index in [1.165, 1.54) is 17.5 Å². The molecule has 0 bridgehead atoms. The highest BCUT2D eigenvalue weighted by Gasteiger charge is 2.15. The number of carbonyl (C=O) groups excluding carboxylic acids is 1. The number of nitrogens with two attached hydrogens (primary N) is 1. The number of carboxylic acid groups (broad SMARTS) is 1. The minimum absolute atomic E-state index is 0.0622. The summed E-state index contributed by atoms with van der Waals surface area (Å²) < 4.78 is 1.71. The number of nitrogen functional groups attached to an aromatic ring is 1. The predicted octanol–water partition coefficient (Wildman–Crippen LogP) is 2.33. The van der Waals surface area contributed by atoms with Crippen LogP contribution >= 0.6 is 11.3 Å². The van der Waals surface area contributed by atoms with E-state index in [9.17, 15) is 19.5 Å². The summed E-state index contributed by atoms with van der Waals surface area (Å²) in [5.74, 6) is -1.59. The zero-order valence-electron chi connectivity index (χ0n) is 18.4. The number of amidine groups is 1. The van der Waals surface area contributed by atoms with E-state index in [1.807, 2.05) is 5.38 Å². The smallest absolute Gasteiger partial charge is 0.341 e. The topological polar surface area (TPSA) is 163 Å². The summed E-state index contributed by atoms with van der Waals surface area (Å²) in [4.78, 5) is 40.8. The fourth-order valence-corrected chi connectivity index (χ4v) is 4.16. The molecule has 0 saturated heterocycles. The van der Waals surface area contributed by atoms with Crippen molar-refractivity contribution in [2.75, 3.05) is 18.4 Å². The predicted molar refractivity (Wildman–Crippen MR) is 135 cm³/mol. The second-order valence-electron chi connectivity index (χ2n) is 7.64. The molecule has 2 heterocycles. The van der Waals surface area contributed by atoms with Gasteiger partial charge < -0.3 is 26.0 Å². The highest BCUT2D eigenvalue weighted by atomic mass is 32.1. The summed E-state index contributed by atoms with van der Waals surface area (Å²) in [6, 6.07) is 11.5. The fraction of sp³-hybridized carbons (Fsp3) is 0.125. The summed E-state index contributed by atoms with van der Waals surface area (Å²) in [6.45, 7) is 1.10. The Morgan fingerprint density at radius 3 is 2.51 bits per heavy atom. The van der Waals surface area contributed by atoms with Gasteiger partial charge in [0.1, 0.15) is 16.4 Å². The SMILES string of the molecule is N=C(N)c1ccc(C(=O)NCCNc2ccc3c(=O)c(C(=O)O)cn(Cc4nccs4)c3c2)cc1. The van der Waals surface area contributed by atoms with Crippen LogP contribution in [0.3, 0.4) is 0 Å². The number of aromatic carboxylic acids is 1. The summed E-state index contributed by atoms with van der Waals surface area (Å²) in [5, 5.41) is 25.8. The molecule has 2 aromatic heterocycles. The lowest BCUT2D eigenvalue weighted by Gasteiger charge is -2.14. The third kappa shape index (κ3) is 5.36. The number of nitrogens with one attached hydrogen (secondary N) is 3. The monoisotopic (exact) mass is 490 g/mol. The van der Waals surface area contributed by atoms with Crippen LogP contribution in [0.5, 0.6) is 0 Å². The van der Waals surface area contributed by atoms with E-state index in [1.54, 1.807) is 53.2 Å². The fourth-order valence-electron chi connectivity index (χ4n) is 3.55. The van der Waals surface area contributed by atoms with Crippen LogP contribution in [0.25, 0.3) is 10.9 Å². The zero-order valence-corrected chi connectivity index (χ0v) is 19.3. The van der Waals surface area contributed by atoms with Gasteiger partial charge in [0.25, 0.3) is 5.91 Å². The number of nitrogens with zero attached hydrogens (tertiary/aromatic N) is 2. The molecule has 10 nitrogen and oxygen atoms in total. The van der Waals surface area contributed by atoms with Crippen molar-refractivity contribution < 1.29 is 14.7 Å². The van der Waals surface area contributed by atoms with Crippen molar-refractivity contribution in [2.45, 2.75) is 6.54 Å². The van der Waals surface area contributed by atoms with Crippen LogP contribution in [0.1, 0.15) is 31.3 Å². The van der Waals surface area contributed by atoms with Gasteiger partial charge >= 0.3 is 5.97 Å². The van der Waals surface area contributed by atoms with Gasteiger partial charge in [0.15, 0.2) is 0 Å². The molecular weight excluding hydrogens is 468 g/mol. The van der Waals surface area contributed by atoms with E-state index in [-0.39, 0.29) is 17.3 Å². The first-order chi connectivity index (χ1) is 16.8. The van der Waals surface area contributed by atoms with Crippen LogP contribution in [-0.2, 0) is 6.54 Å². The zero-order chi connectivity index (χ0) is 24.9. The molecule has 0 atom stereocenters. The number of aromatic nitrogens is 2. The van der Waals surface area contributed by atoms with Gasteiger partial charge in [0.2, 0.25) is 5.43 Å². The average molecular weight is 491 g/mol. The van der Waals surface area contributed by atoms with Crippen molar-refractivity contribution in [1.29, 1.82) is 5.41 Å². The van der Waals surface area contributed by atoms with Gasteiger partial charge in [0.05, 0.1) is 12.1 Å². The lowest BCUT2D eigenvalue weighted by Crippen LogP contribution is -2.28. The number of benzene rings is 2. The number of amides is 1. The Balaban J connectivity index is 1.47. The highest BCUT2D eigenvalue weighted by molar-refractivity contribution is 7.09. The summed E-state index contributed by atoms with van der Waals surface area (Å²) in [6.07, 6.45) is 3.01. The van der Waals surface area contributed by atoms with Gasteiger partial charge in [0, 0.05) is 53.1 Å². The number of anilines is 1. The molecule has 0 aliphatic carbocycles. The average Bonchev–Trinajstić information content (AvgIpc) is 3.36. The van der Waals surface area contributed by atoms with E-state index in [0.717, 1.165) is 5.01 Å². The van der Waals surface area contributed by atoms with Crippen molar-refractivity contribution in [3.8, 4) is 0 Å². The molecule has 0 aliphatic rings. The number of thiazole rings is 1. The molecule has 0 fully saturated rings. The minimum Gasteiger partial charge on any atom is -0.477 e. The normalized spacial score (nSPS) is 10.7. The number of carbonyl (C=O) groups is 2. The van der Waals surface area contributed by atoms with Crippen LogP contribution in [0, 0.1) is 5.41 Å². The molecule has 0 aliphatic heterocycles. The largest absolute Gasteiger partial charge is 0.477 e. The number of fused-ring (bicyclic) bond motifs is 1. The standard InChI is InChI=1S/C24H22N6O4S/c25-22(26)14-1-3-15(4-2-14)23(32)29-8-7-27-16-5-6-17-19(11-16)30(13-20-28-9-10-35-20)12-18(21(17)31)24(33)34/h1-6,9-12,27H,7-8,13H2,(H3,25,26)(H,29,32)(H,33,34). The third-order valence-electron chi connectivity index (χ3n) is 5.30. The maximum atomic E-state index is 12.7. The molecule has 0 saturated carbocycles. The molecule has 1 amide bonds. The first-order valence-electron chi connectivity index (χ1n) is 10.6. The van der Waals surface area contributed by atoms with E-state index < -0.39 is 11.4 Å². The Hall–Kier alpha value is -4.51. The highest BCUT2D eigenvalue weighted by Crippen LogP contribution is 2.20. The van der Waals surface area contributed by atoms with Crippen molar-refractivity contribution in [3.63, 3.8) is 0 Å². The molecular formula is C24H22N6O4S. The Kier molecular flexibility index (Phi) is 6.88. The van der Waals surface area contributed by atoms with Gasteiger partial charge in [-0.1, -0.05) is 12.1 Å². The number of hydrogen-bond donors (Lipinski definition) is 5. The number of carboxylic acids is 1. The summed E-state index contributed by atoms with van der Waals surface area (Å²) in [5.41, 5.74) is 6.88. The van der Waals surface area contributed by atoms with Crippen LogP contribution in [0.4, 0.5) is 5.69 Å². The second-order valence-corrected chi connectivity index (χ2v) is 8.62. The lowest BCUT2D eigenvalue weighted by atomic mass is 10.1. The summed E-state index contributed by atoms with van der Waals surface area (Å²) in [7, 11) is 0. The molecule has 0 spiro atoms. The van der Waals surface area contributed by atoms with Crippen molar-refractivity contribution in [3.05, 3.63) is 92.2 Å². The van der Waals surface area contributed by atoms with Crippen molar-refractivity contribution >= 4 is 45.6 Å². The van der Waals surface area contributed by atoms with Crippen LogP contribution in [-0.4, -0.2) is 45.5 Å². The van der Waals surface area contributed by atoms with Crippen molar-refractivity contribution in [2.24, 2.45) is 5.73 Å². The third-order valence-corrected chi connectivity index (χ3v) is 6.06. The van der Waals surface area contributed by atoms with Gasteiger partial charge in [-0.15, -0.1) is 11.3 Å². The van der Waals surface area contributed by atoms with Gasteiger partial charge in [-0.3, -0.25) is 15.0 Å². The Labute approximate surface area is 203 Å². The van der Waals surface area contributed by atoms with E-state index in [2.05, 4.69) is 15.6 Å². The quantitative estimate of drug-likeness (QED) is 0.137.